The summed E-state index contributed by atoms with van der Waals surface area (Å²) in [6.07, 6.45) is 0. The number of methoxy groups -OCH3 is 1. The molecule has 0 saturated carbocycles. The minimum atomic E-state index is -0.873. The quantitative estimate of drug-likeness (QED) is 0.753. The van der Waals surface area contributed by atoms with Crippen molar-refractivity contribution in [2.24, 2.45) is 0 Å². The van der Waals surface area contributed by atoms with E-state index in [2.05, 4.69) is 15.4 Å². The third kappa shape index (κ3) is 5.94. The maximum atomic E-state index is 11.5. The van der Waals surface area contributed by atoms with Crippen LogP contribution in [-0.4, -0.2) is 37.5 Å². The highest BCUT2D eigenvalue weighted by Crippen LogP contribution is 2.15. The summed E-state index contributed by atoms with van der Waals surface area (Å²) in [5.74, 6) is -0.599. The third-order valence-electron chi connectivity index (χ3n) is 2.45. The maximum Gasteiger partial charge on any atom is 0.331 e. The Morgan fingerprint density at radius 3 is 2.19 bits per heavy atom. The average Bonchev–Trinajstić information content (AvgIpc) is 2.43. The summed E-state index contributed by atoms with van der Waals surface area (Å²) in [6, 6.07) is 5.76. The second-order valence-corrected chi connectivity index (χ2v) is 4.29. The molecule has 1 aromatic rings. The third-order valence-corrected chi connectivity index (χ3v) is 2.45. The van der Waals surface area contributed by atoms with Gasteiger partial charge in [-0.3, -0.25) is 9.59 Å². The van der Waals surface area contributed by atoms with Gasteiger partial charge in [-0.1, -0.05) is 0 Å². The molecule has 1 aromatic carbocycles. The first-order valence-electron chi connectivity index (χ1n) is 6.27. The van der Waals surface area contributed by atoms with E-state index < -0.39 is 12.0 Å². The van der Waals surface area contributed by atoms with Crippen LogP contribution in [0.3, 0.4) is 0 Å². The van der Waals surface area contributed by atoms with Crippen molar-refractivity contribution in [1.29, 1.82) is 0 Å². The van der Waals surface area contributed by atoms with Crippen LogP contribution in [0, 0.1) is 0 Å². The summed E-state index contributed by atoms with van der Waals surface area (Å²) < 4.78 is 10.0. The lowest BCUT2D eigenvalue weighted by Crippen LogP contribution is -2.44. The fourth-order valence-electron chi connectivity index (χ4n) is 1.57. The van der Waals surface area contributed by atoms with Crippen molar-refractivity contribution in [3.8, 4) is 5.75 Å². The zero-order valence-electron chi connectivity index (χ0n) is 12.1. The number of anilines is 1. The van der Waals surface area contributed by atoms with Crippen LogP contribution in [0.5, 0.6) is 5.75 Å². The van der Waals surface area contributed by atoms with E-state index in [-0.39, 0.29) is 18.4 Å². The first kappa shape index (κ1) is 16.5. The van der Waals surface area contributed by atoms with Crippen LogP contribution in [-0.2, 0) is 19.1 Å². The molecule has 2 amide bonds. The first-order valence-corrected chi connectivity index (χ1v) is 6.27. The predicted molar refractivity (Wildman–Crippen MR) is 75.9 cm³/mol. The van der Waals surface area contributed by atoms with Gasteiger partial charge in [0.2, 0.25) is 11.8 Å². The highest BCUT2D eigenvalue weighted by molar-refractivity contribution is 5.88. The Morgan fingerprint density at radius 1 is 1.10 bits per heavy atom. The van der Waals surface area contributed by atoms with Crippen LogP contribution in [0.4, 0.5) is 5.69 Å². The number of rotatable bonds is 6. The van der Waals surface area contributed by atoms with E-state index in [1.54, 1.807) is 24.3 Å². The Kier molecular flexibility index (Phi) is 6.19. The van der Waals surface area contributed by atoms with E-state index >= 15 is 0 Å². The molecule has 0 aliphatic carbocycles. The molecule has 7 heteroatoms. The molecule has 0 spiro atoms. The number of carbonyl (C=O) groups is 3. The fourth-order valence-corrected chi connectivity index (χ4v) is 1.57. The number of nitrogens with one attached hydrogen (secondary N) is 2. The lowest BCUT2D eigenvalue weighted by molar-refractivity contribution is -0.145. The topological polar surface area (TPSA) is 93.7 Å². The van der Waals surface area contributed by atoms with Crippen LogP contribution >= 0.6 is 0 Å². The highest BCUT2D eigenvalue weighted by atomic mass is 16.5. The zero-order chi connectivity index (χ0) is 15.8. The molecule has 0 heterocycles. The molecule has 1 unspecified atom stereocenters. The predicted octanol–water partition coefficient (Wildman–Crippen LogP) is 0.701. The number of hydrogen-bond donors (Lipinski definition) is 2. The summed E-state index contributed by atoms with van der Waals surface area (Å²) in [5, 5.41) is 5.07. The number of benzene rings is 1. The summed E-state index contributed by atoms with van der Waals surface area (Å²) in [4.78, 5) is 33.4. The van der Waals surface area contributed by atoms with Crippen molar-refractivity contribution in [2.75, 3.05) is 19.0 Å². The minimum absolute atomic E-state index is 0.0499. The molecular formula is C14H18N2O5. The van der Waals surface area contributed by atoms with Crippen molar-refractivity contribution >= 4 is 23.5 Å². The van der Waals surface area contributed by atoms with Crippen LogP contribution in [0.15, 0.2) is 24.3 Å². The monoisotopic (exact) mass is 294 g/mol. The van der Waals surface area contributed by atoms with Gasteiger partial charge in [-0.05, 0) is 24.3 Å². The van der Waals surface area contributed by atoms with E-state index in [1.807, 2.05) is 0 Å². The van der Waals surface area contributed by atoms with Crippen molar-refractivity contribution in [3.05, 3.63) is 24.3 Å². The van der Waals surface area contributed by atoms with Crippen molar-refractivity contribution in [1.82, 2.24) is 5.32 Å². The Bertz CT molecular complexity index is 513. The molecule has 2 N–H and O–H groups in total. The summed E-state index contributed by atoms with van der Waals surface area (Å²) >= 11 is 0. The average molecular weight is 294 g/mol. The maximum absolute atomic E-state index is 11.5. The molecule has 0 aliphatic heterocycles. The van der Waals surface area contributed by atoms with Crippen LogP contribution in [0.2, 0.25) is 0 Å². The normalized spacial score (nSPS) is 11.2. The Morgan fingerprint density at radius 2 is 1.71 bits per heavy atom. The number of esters is 1. The number of hydrogen-bond acceptors (Lipinski definition) is 5. The first-order chi connectivity index (χ1) is 9.92. The van der Waals surface area contributed by atoms with Gasteiger partial charge >= 0.3 is 5.97 Å². The summed E-state index contributed by atoms with van der Waals surface area (Å²) in [5.41, 5.74) is 0.640. The Labute approximate surface area is 122 Å². The van der Waals surface area contributed by atoms with Gasteiger partial charge in [0.05, 0.1) is 7.11 Å². The molecule has 7 nitrogen and oxygen atoms in total. The standard InChI is InChI=1S/C14H18N2O5/c1-9(17)15-11-4-6-12(7-5-11)21-8-13(14(19)20-3)16-10(2)18/h4-7,13H,8H2,1-3H3,(H,15,17)(H,16,18). The van der Waals surface area contributed by atoms with E-state index in [9.17, 15) is 14.4 Å². The van der Waals surface area contributed by atoms with Gasteiger partial charge in [-0.25, -0.2) is 4.79 Å². The van der Waals surface area contributed by atoms with Crippen molar-refractivity contribution < 1.29 is 23.9 Å². The number of ether oxygens (including phenoxy) is 2. The molecule has 1 atom stereocenters. The van der Waals surface area contributed by atoms with Gasteiger partial charge in [-0.2, -0.15) is 0 Å². The fraction of sp³-hybridized carbons (Fsp3) is 0.357. The van der Waals surface area contributed by atoms with E-state index in [1.165, 1.54) is 21.0 Å². The van der Waals surface area contributed by atoms with Gasteiger partial charge in [0.1, 0.15) is 12.4 Å². The van der Waals surface area contributed by atoms with Crippen LogP contribution < -0.4 is 15.4 Å². The molecule has 0 aromatic heterocycles. The molecule has 0 bridgehead atoms. The van der Waals surface area contributed by atoms with E-state index in [4.69, 9.17) is 4.74 Å². The van der Waals surface area contributed by atoms with E-state index in [0.29, 0.717) is 11.4 Å². The molecule has 0 aliphatic rings. The van der Waals surface area contributed by atoms with Gasteiger partial charge in [0, 0.05) is 19.5 Å². The largest absolute Gasteiger partial charge is 0.491 e. The molecule has 21 heavy (non-hydrogen) atoms. The second kappa shape index (κ2) is 7.88. The van der Waals surface area contributed by atoms with Gasteiger partial charge in [0.15, 0.2) is 6.04 Å². The SMILES string of the molecule is COC(=O)C(COc1ccc(NC(C)=O)cc1)NC(C)=O. The lowest BCUT2D eigenvalue weighted by Gasteiger charge is -2.16. The lowest BCUT2D eigenvalue weighted by atomic mass is 10.3. The van der Waals surface area contributed by atoms with Crippen LogP contribution in [0.25, 0.3) is 0 Å². The molecule has 0 radical (unpaired) electrons. The molecule has 0 saturated heterocycles. The molecule has 114 valence electrons. The van der Waals surface area contributed by atoms with Crippen molar-refractivity contribution in [2.45, 2.75) is 19.9 Å². The number of amides is 2. The van der Waals surface area contributed by atoms with Crippen LogP contribution in [0.1, 0.15) is 13.8 Å². The second-order valence-electron chi connectivity index (χ2n) is 4.29. The molecule has 1 rings (SSSR count). The van der Waals surface area contributed by atoms with Gasteiger partial charge in [-0.15, -0.1) is 0 Å². The number of carbonyl (C=O) groups excluding carboxylic acids is 3. The molecule has 0 fully saturated rings. The van der Waals surface area contributed by atoms with Gasteiger partial charge in [0.25, 0.3) is 0 Å². The summed E-state index contributed by atoms with van der Waals surface area (Å²) in [6.45, 7) is 2.67. The minimum Gasteiger partial charge on any atom is -0.491 e. The van der Waals surface area contributed by atoms with Crippen molar-refractivity contribution in [3.63, 3.8) is 0 Å². The highest BCUT2D eigenvalue weighted by Gasteiger charge is 2.20. The smallest absolute Gasteiger partial charge is 0.331 e. The Balaban J connectivity index is 2.60. The molecular weight excluding hydrogens is 276 g/mol. The zero-order valence-corrected chi connectivity index (χ0v) is 12.1. The van der Waals surface area contributed by atoms with Gasteiger partial charge < -0.3 is 20.1 Å². The Hall–Kier alpha value is -2.57. The van der Waals surface area contributed by atoms with E-state index in [0.717, 1.165) is 0 Å². The summed E-state index contributed by atoms with van der Waals surface area (Å²) in [7, 11) is 1.24.